The Kier molecular flexibility index (Phi) is 6.82. The number of carbonyl (C=O) groups is 1. The lowest BCUT2D eigenvalue weighted by molar-refractivity contribution is -0.0158. The van der Waals surface area contributed by atoms with Gasteiger partial charge in [0.1, 0.15) is 17.8 Å². The Morgan fingerprint density at radius 2 is 2.00 bits per heavy atom. The van der Waals surface area contributed by atoms with Gasteiger partial charge in [-0.1, -0.05) is 0 Å². The van der Waals surface area contributed by atoms with Crippen LogP contribution in [-0.4, -0.2) is 91.7 Å². The Morgan fingerprint density at radius 3 is 2.75 bits per heavy atom. The van der Waals surface area contributed by atoms with Gasteiger partial charge in [0.15, 0.2) is 0 Å². The lowest BCUT2D eigenvalue weighted by Crippen LogP contribution is -2.60. The molecule has 0 spiro atoms. The summed E-state index contributed by atoms with van der Waals surface area (Å²) >= 11 is 0. The minimum atomic E-state index is -0.386. The molecule has 2 aliphatic rings. The third-order valence-corrected chi connectivity index (χ3v) is 8.16. The van der Waals surface area contributed by atoms with E-state index in [2.05, 4.69) is 31.0 Å². The summed E-state index contributed by atoms with van der Waals surface area (Å²) in [6, 6.07) is 9.24. The SMILES string of the molecule is CN(C)Cc1cc(F)cc(C(=O)N2CCN([C@H]3C[C@@](CC#N)(n4cc(-c5ncnc6[nH]ccc56)cn4)C3)CC2)c1. The summed E-state index contributed by atoms with van der Waals surface area (Å²) in [6.07, 6.45) is 9.19. The van der Waals surface area contributed by atoms with Crippen LogP contribution in [0.5, 0.6) is 0 Å². The minimum Gasteiger partial charge on any atom is -0.346 e. The van der Waals surface area contributed by atoms with Crippen molar-refractivity contribution in [2.75, 3.05) is 40.3 Å². The first-order chi connectivity index (χ1) is 19.3. The fraction of sp³-hybridized carbons (Fsp3) is 0.414. The van der Waals surface area contributed by atoms with Crippen molar-refractivity contribution in [2.24, 2.45) is 0 Å². The monoisotopic (exact) mass is 541 g/mol. The number of fused-ring (bicyclic) bond motifs is 1. The van der Waals surface area contributed by atoms with Gasteiger partial charge >= 0.3 is 0 Å². The van der Waals surface area contributed by atoms with Gasteiger partial charge in [0, 0.05) is 67.7 Å². The number of nitriles is 1. The molecule has 1 N–H and O–H groups in total. The fourth-order valence-electron chi connectivity index (χ4n) is 6.15. The van der Waals surface area contributed by atoms with Crippen molar-refractivity contribution in [3.05, 3.63) is 66.1 Å². The van der Waals surface area contributed by atoms with Gasteiger partial charge in [-0.05, 0) is 56.8 Å². The van der Waals surface area contributed by atoms with Crippen LogP contribution in [0, 0.1) is 17.1 Å². The number of H-pyrrole nitrogens is 1. The molecule has 1 aliphatic carbocycles. The number of nitrogens with one attached hydrogen (secondary N) is 1. The van der Waals surface area contributed by atoms with Crippen molar-refractivity contribution >= 4 is 16.9 Å². The Labute approximate surface area is 232 Å². The average molecular weight is 542 g/mol. The predicted octanol–water partition coefficient (Wildman–Crippen LogP) is 3.25. The second-order valence-corrected chi connectivity index (χ2v) is 11.2. The van der Waals surface area contributed by atoms with Crippen LogP contribution in [0.2, 0.25) is 0 Å². The van der Waals surface area contributed by atoms with Crippen molar-refractivity contribution in [3.63, 3.8) is 0 Å². The third-order valence-electron chi connectivity index (χ3n) is 8.16. The topological polar surface area (TPSA) is 110 Å². The number of carbonyl (C=O) groups excluding carboxylic acids is 1. The summed E-state index contributed by atoms with van der Waals surface area (Å²) in [5.41, 5.74) is 3.31. The van der Waals surface area contributed by atoms with Crippen molar-refractivity contribution in [2.45, 2.75) is 37.4 Å². The first-order valence-corrected chi connectivity index (χ1v) is 13.5. The largest absolute Gasteiger partial charge is 0.346 e. The number of nitrogens with zero attached hydrogens (tertiary/aromatic N) is 8. The first-order valence-electron chi connectivity index (χ1n) is 13.5. The van der Waals surface area contributed by atoms with E-state index in [1.54, 1.807) is 6.07 Å². The van der Waals surface area contributed by atoms with E-state index in [1.165, 1.54) is 18.5 Å². The number of hydrogen-bond donors (Lipinski definition) is 1. The Bertz CT molecular complexity index is 1570. The maximum atomic E-state index is 14.2. The molecule has 2 fully saturated rings. The number of hydrogen-bond acceptors (Lipinski definition) is 7. The highest BCUT2D eigenvalue weighted by molar-refractivity contribution is 5.94. The number of amides is 1. The number of piperazine rings is 1. The van der Waals surface area contributed by atoms with Crippen molar-refractivity contribution in [1.29, 1.82) is 5.26 Å². The maximum Gasteiger partial charge on any atom is 0.254 e. The molecule has 3 aromatic heterocycles. The minimum absolute atomic E-state index is 0.128. The molecule has 1 amide bonds. The molecule has 40 heavy (non-hydrogen) atoms. The predicted molar refractivity (Wildman–Crippen MR) is 148 cm³/mol. The van der Waals surface area contributed by atoms with E-state index in [1.807, 2.05) is 53.2 Å². The fourth-order valence-corrected chi connectivity index (χ4v) is 6.15. The van der Waals surface area contributed by atoms with Crippen LogP contribution in [0.3, 0.4) is 0 Å². The molecule has 4 heterocycles. The maximum absolute atomic E-state index is 14.2. The lowest BCUT2D eigenvalue weighted by Gasteiger charge is -2.52. The molecule has 0 radical (unpaired) electrons. The molecule has 0 unspecified atom stereocenters. The molecule has 4 aromatic rings. The van der Waals surface area contributed by atoms with Gasteiger partial charge in [0.05, 0.1) is 29.9 Å². The number of aromatic amines is 1. The molecule has 1 saturated heterocycles. The molecule has 0 atom stereocenters. The Hall–Kier alpha value is -4.14. The summed E-state index contributed by atoms with van der Waals surface area (Å²) in [5, 5.41) is 15.3. The summed E-state index contributed by atoms with van der Waals surface area (Å²) in [6.45, 7) is 3.25. The summed E-state index contributed by atoms with van der Waals surface area (Å²) in [7, 11) is 3.84. The Morgan fingerprint density at radius 1 is 1.20 bits per heavy atom. The quantitative estimate of drug-likeness (QED) is 0.383. The van der Waals surface area contributed by atoms with E-state index in [0.29, 0.717) is 37.7 Å². The highest BCUT2D eigenvalue weighted by atomic mass is 19.1. The van der Waals surface area contributed by atoms with Crippen LogP contribution < -0.4 is 0 Å². The number of halogens is 1. The zero-order chi connectivity index (χ0) is 27.9. The molecule has 0 bridgehead atoms. The molecule has 1 aromatic carbocycles. The molecule has 6 rings (SSSR count). The van der Waals surface area contributed by atoms with Crippen molar-refractivity contribution < 1.29 is 9.18 Å². The molecule has 10 nitrogen and oxygen atoms in total. The van der Waals surface area contributed by atoms with E-state index in [0.717, 1.165) is 53.8 Å². The number of rotatable bonds is 7. The Balaban J connectivity index is 1.10. The van der Waals surface area contributed by atoms with Crippen LogP contribution in [0.15, 0.2) is 49.2 Å². The van der Waals surface area contributed by atoms with Crippen LogP contribution in [0.1, 0.15) is 35.2 Å². The normalized spacial score (nSPS) is 21.5. The van der Waals surface area contributed by atoms with Crippen LogP contribution in [0.4, 0.5) is 4.39 Å². The highest BCUT2D eigenvalue weighted by Gasteiger charge is 2.49. The van der Waals surface area contributed by atoms with E-state index in [4.69, 9.17) is 0 Å². The van der Waals surface area contributed by atoms with E-state index in [9.17, 15) is 14.4 Å². The van der Waals surface area contributed by atoms with E-state index in [-0.39, 0.29) is 17.3 Å². The second kappa shape index (κ2) is 10.4. The molecular weight excluding hydrogens is 509 g/mol. The van der Waals surface area contributed by atoms with Crippen molar-refractivity contribution in [1.82, 2.24) is 39.4 Å². The number of aromatic nitrogens is 5. The third kappa shape index (κ3) is 4.85. The zero-order valence-electron chi connectivity index (χ0n) is 22.7. The summed E-state index contributed by atoms with van der Waals surface area (Å²) in [4.78, 5) is 31.2. The molecular formula is C29H32FN9O. The van der Waals surface area contributed by atoms with Gasteiger partial charge in [-0.2, -0.15) is 10.4 Å². The average Bonchev–Trinajstić information content (AvgIpc) is 3.60. The van der Waals surface area contributed by atoms with Gasteiger partial charge in [-0.25, -0.2) is 14.4 Å². The van der Waals surface area contributed by atoms with Crippen molar-refractivity contribution in [3.8, 4) is 17.3 Å². The summed E-state index contributed by atoms with van der Waals surface area (Å²) in [5.74, 6) is -0.513. The zero-order valence-corrected chi connectivity index (χ0v) is 22.7. The standard InChI is InChI=1S/C29H32FN9O/c1-36(2)17-20-11-21(13-23(30)12-20)28(40)38-9-7-37(8-10-38)24-14-29(15-24,4-5-31)39-18-22(16-35-39)26-25-3-6-32-27(25)34-19-33-26/h3,6,11-13,16,18-19,24H,4,7-10,14-15,17H2,1-2H3,(H,32,33,34)/t24-,29+. The van der Waals surface area contributed by atoms with E-state index < -0.39 is 0 Å². The molecule has 11 heteroatoms. The smallest absolute Gasteiger partial charge is 0.254 e. The van der Waals surface area contributed by atoms with Gasteiger partial charge < -0.3 is 14.8 Å². The lowest BCUT2D eigenvalue weighted by atomic mass is 9.70. The van der Waals surface area contributed by atoms with E-state index >= 15 is 0 Å². The highest BCUT2D eigenvalue weighted by Crippen LogP contribution is 2.45. The van der Waals surface area contributed by atoms with Gasteiger partial charge in [-0.15, -0.1) is 0 Å². The number of benzene rings is 1. The first kappa shape index (κ1) is 26.1. The van der Waals surface area contributed by atoms with Gasteiger partial charge in [-0.3, -0.25) is 14.4 Å². The summed E-state index contributed by atoms with van der Waals surface area (Å²) < 4.78 is 16.2. The second-order valence-electron chi connectivity index (χ2n) is 11.2. The molecule has 206 valence electrons. The van der Waals surface area contributed by atoms with Gasteiger partial charge in [0.25, 0.3) is 5.91 Å². The van der Waals surface area contributed by atoms with Crippen LogP contribution in [-0.2, 0) is 12.1 Å². The van der Waals surface area contributed by atoms with Gasteiger partial charge in [0.2, 0.25) is 0 Å². The molecule has 1 saturated carbocycles. The van der Waals surface area contributed by atoms with Crippen LogP contribution >= 0.6 is 0 Å². The molecule has 1 aliphatic heterocycles. The van der Waals surface area contributed by atoms with Crippen LogP contribution in [0.25, 0.3) is 22.3 Å².